The molecule has 22 heavy (non-hydrogen) atoms. The van der Waals surface area contributed by atoms with Gasteiger partial charge in [0.2, 0.25) is 0 Å². The van der Waals surface area contributed by atoms with Crippen molar-refractivity contribution in [1.29, 1.82) is 5.41 Å². The van der Waals surface area contributed by atoms with E-state index in [0.29, 0.717) is 22.7 Å². The first-order valence-electron chi connectivity index (χ1n) is 6.60. The van der Waals surface area contributed by atoms with Gasteiger partial charge in [0.25, 0.3) is 5.91 Å². The maximum Gasteiger partial charge on any atom is 0.262 e. The maximum atomic E-state index is 11.8. The van der Waals surface area contributed by atoms with Crippen LogP contribution in [0.2, 0.25) is 0 Å². The summed E-state index contributed by atoms with van der Waals surface area (Å²) >= 11 is 0. The van der Waals surface area contributed by atoms with Gasteiger partial charge in [-0.15, -0.1) is 0 Å². The number of hydrogen-bond donors (Lipinski definition) is 3. The molecular weight excluding hydrogens is 282 g/mol. The first kappa shape index (κ1) is 15.4. The molecular formula is C16H17N3O3. The summed E-state index contributed by atoms with van der Waals surface area (Å²) in [4.78, 5) is 11.8. The van der Waals surface area contributed by atoms with Crippen LogP contribution in [0.15, 0.2) is 48.5 Å². The lowest BCUT2D eigenvalue weighted by molar-refractivity contribution is -0.118. The van der Waals surface area contributed by atoms with Crippen LogP contribution in [-0.4, -0.2) is 25.5 Å². The molecule has 0 unspecified atom stereocenters. The quantitative estimate of drug-likeness (QED) is 0.561. The summed E-state index contributed by atoms with van der Waals surface area (Å²) in [7, 11) is 1.48. The van der Waals surface area contributed by atoms with Gasteiger partial charge in [0.1, 0.15) is 5.84 Å². The molecule has 0 fully saturated rings. The van der Waals surface area contributed by atoms with Crippen molar-refractivity contribution in [1.82, 2.24) is 0 Å². The van der Waals surface area contributed by atoms with Crippen molar-refractivity contribution in [3.05, 3.63) is 54.1 Å². The van der Waals surface area contributed by atoms with Crippen LogP contribution in [0.4, 0.5) is 5.69 Å². The van der Waals surface area contributed by atoms with Gasteiger partial charge in [-0.05, 0) is 30.3 Å². The van der Waals surface area contributed by atoms with Crippen LogP contribution < -0.4 is 20.5 Å². The largest absolute Gasteiger partial charge is 0.493 e. The third kappa shape index (κ3) is 3.99. The highest BCUT2D eigenvalue weighted by atomic mass is 16.5. The van der Waals surface area contributed by atoms with E-state index in [1.54, 1.807) is 30.3 Å². The third-order valence-electron chi connectivity index (χ3n) is 2.89. The Hall–Kier alpha value is -3.02. The number of nitrogens with one attached hydrogen (secondary N) is 2. The molecule has 0 saturated carbocycles. The first-order valence-corrected chi connectivity index (χ1v) is 6.60. The summed E-state index contributed by atoms with van der Waals surface area (Å²) in [6.07, 6.45) is 0. The number of nitrogen functional groups attached to an aromatic ring is 1. The number of carbonyl (C=O) groups excluding carboxylic acids is 1. The fourth-order valence-corrected chi connectivity index (χ4v) is 1.82. The molecule has 114 valence electrons. The number of amidine groups is 1. The topological polar surface area (TPSA) is 97.4 Å². The van der Waals surface area contributed by atoms with Gasteiger partial charge < -0.3 is 20.5 Å². The van der Waals surface area contributed by atoms with E-state index in [9.17, 15) is 4.79 Å². The van der Waals surface area contributed by atoms with Crippen LogP contribution >= 0.6 is 0 Å². The van der Waals surface area contributed by atoms with Gasteiger partial charge in [-0.2, -0.15) is 0 Å². The lowest BCUT2D eigenvalue weighted by atomic mass is 10.2. The van der Waals surface area contributed by atoms with Crippen LogP contribution in [0.1, 0.15) is 5.56 Å². The molecule has 6 heteroatoms. The Morgan fingerprint density at radius 3 is 2.55 bits per heavy atom. The molecule has 1 amide bonds. The van der Waals surface area contributed by atoms with Gasteiger partial charge in [-0.25, -0.2) is 0 Å². The average Bonchev–Trinajstić information content (AvgIpc) is 2.53. The van der Waals surface area contributed by atoms with E-state index >= 15 is 0 Å². The van der Waals surface area contributed by atoms with E-state index in [1.807, 2.05) is 18.2 Å². The number of nitrogens with two attached hydrogens (primary N) is 1. The van der Waals surface area contributed by atoms with Crippen molar-refractivity contribution in [2.75, 3.05) is 19.0 Å². The van der Waals surface area contributed by atoms with Crippen LogP contribution in [0.5, 0.6) is 11.5 Å². The van der Waals surface area contributed by atoms with E-state index in [1.165, 1.54) is 7.11 Å². The zero-order valence-electron chi connectivity index (χ0n) is 12.1. The fourth-order valence-electron chi connectivity index (χ4n) is 1.82. The number of anilines is 1. The Morgan fingerprint density at radius 1 is 1.18 bits per heavy atom. The highest BCUT2D eigenvalue weighted by Gasteiger charge is 2.09. The molecule has 0 aliphatic heterocycles. The van der Waals surface area contributed by atoms with Crippen LogP contribution in [0, 0.1) is 5.41 Å². The highest BCUT2D eigenvalue weighted by molar-refractivity contribution is 5.95. The molecule has 4 N–H and O–H groups in total. The average molecular weight is 299 g/mol. The van der Waals surface area contributed by atoms with Gasteiger partial charge in [0, 0.05) is 11.3 Å². The second-order valence-electron chi connectivity index (χ2n) is 4.48. The Balaban J connectivity index is 1.99. The Labute approximate surface area is 128 Å². The zero-order valence-corrected chi connectivity index (χ0v) is 12.1. The summed E-state index contributed by atoms with van der Waals surface area (Å²) in [5, 5.41) is 10.1. The molecule has 0 aliphatic rings. The molecule has 0 radical (unpaired) electrons. The molecule has 6 nitrogen and oxygen atoms in total. The van der Waals surface area contributed by atoms with Crippen molar-refractivity contribution in [3.63, 3.8) is 0 Å². The third-order valence-corrected chi connectivity index (χ3v) is 2.89. The van der Waals surface area contributed by atoms with E-state index < -0.39 is 0 Å². The number of methoxy groups -OCH3 is 1. The summed E-state index contributed by atoms with van der Waals surface area (Å²) in [6.45, 7) is -0.148. The monoisotopic (exact) mass is 299 g/mol. The predicted octanol–water partition coefficient (Wildman–Crippen LogP) is 2.00. The van der Waals surface area contributed by atoms with Crippen LogP contribution in [-0.2, 0) is 4.79 Å². The second kappa shape index (κ2) is 7.12. The number of hydrogen-bond acceptors (Lipinski definition) is 4. The predicted molar refractivity (Wildman–Crippen MR) is 84.6 cm³/mol. The summed E-state index contributed by atoms with van der Waals surface area (Å²) in [5.41, 5.74) is 6.65. The number of ether oxygens (including phenoxy) is 2. The highest BCUT2D eigenvalue weighted by Crippen LogP contribution is 2.27. The molecule has 0 aliphatic carbocycles. The van der Waals surface area contributed by atoms with Crippen molar-refractivity contribution in [2.24, 2.45) is 5.73 Å². The van der Waals surface area contributed by atoms with E-state index in [2.05, 4.69) is 5.32 Å². The molecule has 2 aromatic rings. The van der Waals surface area contributed by atoms with Gasteiger partial charge in [0.05, 0.1) is 7.11 Å². The molecule has 0 bridgehead atoms. The van der Waals surface area contributed by atoms with Crippen molar-refractivity contribution >= 4 is 17.4 Å². The lowest BCUT2D eigenvalue weighted by Crippen LogP contribution is -2.20. The zero-order chi connectivity index (χ0) is 15.9. The molecule has 0 atom stereocenters. The second-order valence-corrected chi connectivity index (χ2v) is 4.48. The number of amides is 1. The minimum Gasteiger partial charge on any atom is -0.493 e. The molecule has 2 aromatic carbocycles. The van der Waals surface area contributed by atoms with Gasteiger partial charge in [0.15, 0.2) is 18.1 Å². The molecule has 0 spiro atoms. The molecule has 2 rings (SSSR count). The smallest absolute Gasteiger partial charge is 0.262 e. The van der Waals surface area contributed by atoms with Crippen LogP contribution in [0.25, 0.3) is 0 Å². The number of para-hydroxylation sites is 1. The minimum atomic E-state index is -0.274. The van der Waals surface area contributed by atoms with Gasteiger partial charge in [-0.3, -0.25) is 10.2 Å². The molecule has 0 aromatic heterocycles. The Morgan fingerprint density at radius 2 is 1.91 bits per heavy atom. The Kier molecular flexibility index (Phi) is 4.98. The summed E-state index contributed by atoms with van der Waals surface area (Å²) in [5.74, 6) is 0.492. The number of carbonyl (C=O) groups is 1. The summed E-state index contributed by atoms with van der Waals surface area (Å²) < 4.78 is 10.6. The van der Waals surface area contributed by atoms with E-state index in [-0.39, 0.29) is 18.3 Å². The molecule has 0 heterocycles. The van der Waals surface area contributed by atoms with Crippen molar-refractivity contribution in [3.8, 4) is 11.5 Å². The number of benzene rings is 2. The van der Waals surface area contributed by atoms with E-state index in [0.717, 1.165) is 0 Å². The van der Waals surface area contributed by atoms with Gasteiger partial charge in [-0.1, -0.05) is 18.2 Å². The fraction of sp³-hybridized carbons (Fsp3) is 0.125. The standard InChI is InChI=1S/C16H17N3O3/c1-21-14-9-11(16(17)18)7-8-13(14)22-10-15(20)19-12-5-3-2-4-6-12/h2-9H,10H2,1H3,(H3,17,18)(H,19,20). The first-order chi connectivity index (χ1) is 10.6. The maximum absolute atomic E-state index is 11.8. The van der Waals surface area contributed by atoms with Crippen molar-refractivity contribution < 1.29 is 14.3 Å². The van der Waals surface area contributed by atoms with E-state index in [4.69, 9.17) is 20.6 Å². The van der Waals surface area contributed by atoms with Crippen molar-refractivity contribution in [2.45, 2.75) is 0 Å². The summed E-state index contributed by atoms with van der Waals surface area (Å²) in [6, 6.07) is 14.0. The SMILES string of the molecule is COc1cc(C(=N)N)ccc1OCC(=O)Nc1ccccc1. The minimum absolute atomic E-state index is 0.0633. The molecule has 0 saturated heterocycles. The Bertz CT molecular complexity index is 672. The lowest BCUT2D eigenvalue weighted by Gasteiger charge is -2.12. The number of rotatable bonds is 6. The van der Waals surface area contributed by atoms with Crippen LogP contribution in [0.3, 0.4) is 0 Å². The normalized spacial score (nSPS) is 9.86. The van der Waals surface area contributed by atoms with Gasteiger partial charge >= 0.3 is 0 Å².